The minimum absolute atomic E-state index is 0.202. The first-order chi connectivity index (χ1) is 10.8. The Balaban J connectivity index is 3.42. The second kappa shape index (κ2) is 18.4. The van der Waals surface area contributed by atoms with Crippen LogP contribution in [0.5, 0.6) is 0 Å². The molecule has 0 unspecified atom stereocenters. The molecule has 0 atom stereocenters. The number of allylic oxidation sites excluding steroid dienone is 3. The van der Waals surface area contributed by atoms with E-state index in [1.807, 2.05) is 26.0 Å². The molecular formula is C20H38O2. The van der Waals surface area contributed by atoms with Gasteiger partial charge in [-0.3, -0.25) is 0 Å². The highest BCUT2D eigenvalue weighted by Gasteiger charge is 2.00. The molecule has 0 aromatic heterocycles. The standard InChI is InChI=1S/C20H38O2/c1-4-7-8-9-10-11-12-13-14-15-16-17-18-19-20(21-5-2)22-6-3/h16-20H,4-15H2,1-3H3. The Kier molecular flexibility index (Phi) is 17.9. The Labute approximate surface area is 139 Å². The first-order valence-electron chi connectivity index (χ1n) is 9.41. The molecule has 2 heteroatoms. The van der Waals surface area contributed by atoms with Gasteiger partial charge in [-0.05, 0) is 32.8 Å². The Bertz CT molecular complexity index is 252. The lowest BCUT2D eigenvalue weighted by molar-refractivity contribution is -0.103. The Hall–Kier alpha value is -0.600. The molecule has 0 aliphatic rings. The van der Waals surface area contributed by atoms with Crippen LogP contribution in [0.25, 0.3) is 0 Å². The van der Waals surface area contributed by atoms with E-state index < -0.39 is 0 Å². The molecule has 0 amide bonds. The third kappa shape index (κ3) is 15.8. The Morgan fingerprint density at radius 1 is 0.682 bits per heavy atom. The molecule has 0 saturated heterocycles. The maximum Gasteiger partial charge on any atom is 0.177 e. The highest BCUT2D eigenvalue weighted by molar-refractivity contribution is 5.03. The second-order valence-corrected chi connectivity index (χ2v) is 5.71. The van der Waals surface area contributed by atoms with E-state index in [2.05, 4.69) is 19.1 Å². The SMILES string of the molecule is CCCCCCCCCCCC=CC=CC(OCC)OCC. The van der Waals surface area contributed by atoms with Crippen molar-refractivity contribution in [2.75, 3.05) is 13.2 Å². The van der Waals surface area contributed by atoms with Crippen molar-refractivity contribution >= 4 is 0 Å². The zero-order valence-corrected chi connectivity index (χ0v) is 15.2. The lowest BCUT2D eigenvalue weighted by atomic mass is 10.1. The molecule has 0 spiro atoms. The molecule has 2 nitrogen and oxygen atoms in total. The van der Waals surface area contributed by atoms with Crippen LogP contribution in [-0.2, 0) is 9.47 Å². The fourth-order valence-electron chi connectivity index (χ4n) is 2.39. The van der Waals surface area contributed by atoms with Crippen LogP contribution in [0.1, 0.15) is 85.0 Å². The zero-order chi connectivity index (χ0) is 16.3. The molecule has 0 saturated carbocycles. The minimum Gasteiger partial charge on any atom is -0.349 e. The van der Waals surface area contributed by atoms with Crippen molar-refractivity contribution in [1.82, 2.24) is 0 Å². The van der Waals surface area contributed by atoms with E-state index in [1.54, 1.807) is 0 Å². The molecule has 22 heavy (non-hydrogen) atoms. The van der Waals surface area contributed by atoms with Gasteiger partial charge < -0.3 is 9.47 Å². The highest BCUT2D eigenvalue weighted by Crippen LogP contribution is 2.10. The van der Waals surface area contributed by atoms with E-state index in [0.717, 1.165) is 0 Å². The van der Waals surface area contributed by atoms with E-state index in [-0.39, 0.29) is 6.29 Å². The topological polar surface area (TPSA) is 18.5 Å². The highest BCUT2D eigenvalue weighted by atomic mass is 16.7. The predicted octanol–water partition coefficient (Wildman–Crippen LogP) is 6.42. The average molecular weight is 311 g/mol. The summed E-state index contributed by atoms with van der Waals surface area (Å²) in [4.78, 5) is 0. The van der Waals surface area contributed by atoms with Gasteiger partial charge in [-0.2, -0.15) is 0 Å². The molecule has 0 fully saturated rings. The lowest BCUT2D eigenvalue weighted by Gasteiger charge is -2.11. The van der Waals surface area contributed by atoms with Crippen LogP contribution in [0.2, 0.25) is 0 Å². The van der Waals surface area contributed by atoms with Gasteiger partial charge in [0.25, 0.3) is 0 Å². The van der Waals surface area contributed by atoms with Gasteiger partial charge in [-0.25, -0.2) is 0 Å². The minimum atomic E-state index is -0.202. The van der Waals surface area contributed by atoms with Crippen LogP contribution in [0, 0.1) is 0 Å². The smallest absolute Gasteiger partial charge is 0.177 e. The quantitative estimate of drug-likeness (QED) is 0.186. The van der Waals surface area contributed by atoms with E-state index in [4.69, 9.17) is 9.47 Å². The van der Waals surface area contributed by atoms with Crippen molar-refractivity contribution in [3.05, 3.63) is 24.3 Å². The second-order valence-electron chi connectivity index (χ2n) is 5.71. The number of hydrogen-bond acceptors (Lipinski definition) is 2. The van der Waals surface area contributed by atoms with Crippen LogP contribution < -0.4 is 0 Å². The maximum absolute atomic E-state index is 5.45. The lowest BCUT2D eigenvalue weighted by Crippen LogP contribution is -2.13. The van der Waals surface area contributed by atoms with Gasteiger partial charge in [0.1, 0.15) is 0 Å². The van der Waals surface area contributed by atoms with Crippen LogP contribution in [-0.4, -0.2) is 19.5 Å². The summed E-state index contributed by atoms with van der Waals surface area (Å²) in [7, 11) is 0. The number of hydrogen-bond donors (Lipinski definition) is 0. The third-order valence-electron chi connectivity index (χ3n) is 3.65. The monoisotopic (exact) mass is 310 g/mol. The molecule has 0 N–H and O–H groups in total. The summed E-state index contributed by atoms with van der Waals surface area (Å²) in [5, 5.41) is 0. The predicted molar refractivity (Wildman–Crippen MR) is 97.2 cm³/mol. The van der Waals surface area contributed by atoms with Crippen molar-refractivity contribution < 1.29 is 9.47 Å². The number of rotatable bonds is 16. The molecule has 0 heterocycles. The summed E-state index contributed by atoms with van der Waals surface area (Å²) in [6.07, 6.45) is 21.8. The fourth-order valence-corrected chi connectivity index (χ4v) is 2.39. The van der Waals surface area contributed by atoms with Crippen molar-refractivity contribution in [2.24, 2.45) is 0 Å². The summed E-state index contributed by atoms with van der Waals surface area (Å²) in [6.45, 7) is 7.60. The Morgan fingerprint density at radius 3 is 1.77 bits per heavy atom. The van der Waals surface area contributed by atoms with Crippen molar-refractivity contribution in [1.29, 1.82) is 0 Å². The normalized spacial score (nSPS) is 12.2. The summed E-state index contributed by atoms with van der Waals surface area (Å²) in [6, 6.07) is 0. The van der Waals surface area contributed by atoms with Crippen LogP contribution in [0.4, 0.5) is 0 Å². The maximum atomic E-state index is 5.45. The van der Waals surface area contributed by atoms with Gasteiger partial charge in [0.2, 0.25) is 0 Å². The summed E-state index contributed by atoms with van der Waals surface area (Å²) < 4.78 is 10.9. The average Bonchev–Trinajstić information content (AvgIpc) is 2.52. The zero-order valence-electron chi connectivity index (χ0n) is 15.2. The van der Waals surface area contributed by atoms with E-state index in [1.165, 1.54) is 64.2 Å². The van der Waals surface area contributed by atoms with E-state index in [0.29, 0.717) is 13.2 Å². The molecule has 0 bridgehead atoms. The number of unbranched alkanes of at least 4 members (excludes halogenated alkanes) is 9. The van der Waals surface area contributed by atoms with Crippen molar-refractivity contribution in [3.63, 3.8) is 0 Å². The van der Waals surface area contributed by atoms with Gasteiger partial charge >= 0.3 is 0 Å². The van der Waals surface area contributed by atoms with Gasteiger partial charge in [-0.1, -0.05) is 76.5 Å². The third-order valence-corrected chi connectivity index (χ3v) is 3.65. The van der Waals surface area contributed by atoms with Crippen molar-refractivity contribution in [2.45, 2.75) is 91.3 Å². The molecule has 0 rings (SSSR count). The number of ether oxygens (including phenoxy) is 2. The van der Waals surface area contributed by atoms with Gasteiger partial charge in [0.15, 0.2) is 6.29 Å². The summed E-state index contributed by atoms with van der Waals surface area (Å²) >= 11 is 0. The molecule has 0 aliphatic heterocycles. The summed E-state index contributed by atoms with van der Waals surface area (Å²) in [5.41, 5.74) is 0. The van der Waals surface area contributed by atoms with Gasteiger partial charge in [0.05, 0.1) is 0 Å². The first-order valence-corrected chi connectivity index (χ1v) is 9.41. The molecule has 0 aliphatic carbocycles. The van der Waals surface area contributed by atoms with Crippen LogP contribution in [0.15, 0.2) is 24.3 Å². The van der Waals surface area contributed by atoms with Crippen LogP contribution in [0.3, 0.4) is 0 Å². The molecule has 0 aromatic carbocycles. The van der Waals surface area contributed by atoms with Crippen molar-refractivity contribution in [3.8, 4) is 0 Å². The van der Waals surface area contributed by atoms with Crippen LogP contribution >= 0.6 is 0 Å². The van der Waals surface area contributed by atoms with E-state index in [9.17, 15) is 0 Å². The summed E-state index contributed by atoms with van der Waals surface area (Å²) in [5.74, 6) is 0. The molecular weight excluding hydrogens is 272 g/mol. The molecule has 0 aromatic rings. The first kappa shape index (κ1) is 21.4. The molecule has 0 radical (unpaired) electrons. The van der Waals surface area contributed by atoms with Gasteiger partial charge in [-0.15, -0.1) is 0 Å². The Morgan fingerprint density at radius 2 is 1.23 bits per heavy atom. The largest absolute Gasteiger partial charge is 0.349 e. The van der Waals surface area contributed by atoms with Gasteiger partial charge in [0, 0.05) is 13.2 Å². The fraction of sp³-hybridized carbons (Fsp3) is 0.800. The van der Waals surface area contributed by atoms with E-state index >= 15 is 0 Å². The molecule has 130 valence electrons.